The molecule has 0 amide bonds. The molecule has 0 spiro atoms. The van der Waals surface area contributed by atoms with Crippen LogP contribution in [0.4, 0.5) is 4.39 Å². The van der Waals surface area contributed by atoms with E-state index in [1.807, 2.05) is 0 Å². The zero-order valence-electron chi connectivity index (χ0n) is 13.4. The van der Waals surface area contributed by atoms with Crippen molar-refractivity contribution in [3.8, 4) is 22.6 Å². The monoisotopic (exact) mass is 382 g/mol. The SMILES string of the molecule is Oc1cccc(F)c1-c1c(Cl)cc2c(c1Cl)OC[C@H]1CNCCN1C2. The number of hydrogen-bond acceptors (Lipinski definition) is 4. The predicted molar refractivity (Wildman–Crippen MR) is 96.1 cm³/mol. The van der Waals surface area contributed by atoms with Crippen molar-refractivity contribution in [1.29, 1.82) is 0 Å². The minimum atomic E-state index is -0.584. The summed E-state index contributed by atoms with van der Waals surface area (Å²) in [5.41, 5.74) is 1.13. The Morgan fingerprint density at radius 2 is 2.12 bits per heavy atom. The van der Waals surface area contributed by atoms with Crippen LogP contribution in [0.15, 0.2) is 24.3 Å². The van der Waals surface area contributed by atoms with E-state index in [0.29, 0.717) is 23.9 Å². The fourth-order valence-corrected chi connectivity index (χ4v) is 4.23. The van der Waals surface area contributed by atoms with Gasteiger partial charge in [-0.2, -0.15) is 0 Å². The van der Waals surface area contributed by atoms with Gasteiger partial charge in [-0.15, -0.1) is 0 Å². The third-order valence-corrected chi connectivity index (χ3v) is 5.42. The van der Waals surface area contributed by atoms with Gasteiger partial charge in [0.25, 0.3) is 0 Å². The van der Waals surface area contributed by atoms with E-state index in [-0.39, 0.29) is 27.9 Å². The van der Waals surface area contributed by atoms with Gasteiger partial charge in [0.1, 0.15) is 23.9 Å². The number of nitrogens with zero attached hydrogens (tertiary/aromatic N) is 1. The lowest BCUT2D eigenvalue weighted by Gasteiger charge is -2.33. The highest BCUT2D eigenvalue weighted by atomic mass is 35.5. The second-order valence-corrected chi connectivity index (χ2v) is 7.09. The molecule has 2 aliphatic rings. The van der Waals surface area contributed by atoms with E-state index in [0.717, 1.165) is 25.2 Å². The fraction of sp³-hybridized carbons (Fsp3) is 0.333. The lowest BCUT2D eigenvalue weighted by atomic mass is 10.0. The minimum Gasteiger partial charge on any atom is -0.507 e. The topological polar surface area (TPSA) is 44.7 Å². The smallest absolute Gasteiger partial charge is 0.143 e. The number of ether oxygens (including phenoxy) is 1. The van der Waals surface area contributed by atoms with Crippen LogP contribution in [0.5, 0.6) is 11.5 Å². The predicted octanol–water partition coefficient (Wildman–Crippen LogP) is 3.67. The quantitative estimate of drug-likeness (QED) is 0.789. The summed E-state index contributed by atoms with van der Waals surface area (Å²) < 4.78 is 20.3. The van der Waals surface area contributed by atoms with E-state index in [4.69, 9.17) is 27.9 Å². The third-order valence-electron chi connectivity index (χ3n) is 4.76. The Kier molecular flexibility index (Phi) is 4.50. The Bertz CT molecular complexity index is 811. The zero-order valence-corrected chi connectivity index (χ0v) is 14.9. The maximum absolute atomic E-state index is 14.3. The summed E-state index contributed by atoms with van der Waals surface area (Å²) in [5, 5.41) is 14.0. The summed E-state index contributed by atoms with van der Waals surface area (Å²) in [6.45, 7) is 3.85. The van der Waals surface area contributed by atoms with E-state index in [1.54, 1.807) is 6.07 Å². The molecule has 0 radical (unpaired) electrons. The van der Waals surface area contributed by atoms with E-state index in [2.05, 4.69) is 10.2 Å². The molecule has 2 N–H and O–H groups in total. The highest BCUT2D eigenvalue weighted by Gasteiger charge is 2.30. The molecule has 4 nitrogen and oxygen atoms in total. The van der Waals surface area contributed by atoms with Gasteiger partial charge in [0.05, 0.1) is 21.7 Å². The van der Waals surface area contributed by atoms with Crippen molar-refractivity contribution >= 4 is 23.2 Å². The molecule has 132 valence electrons. The number of piperazine rings is 1. The number of benzene rings is 2. The van der Waals surface area contributed by atoms with E-state index >= 15 is 0 Å². The first-order chi connectivity index (χ1) is 12.1. The Balaban J connectivity index is 1.84. The molecule has 0 aromatic heterocycles. The summed E-state index contributed by atoms with van der Waals surface area (Å²) in [6.07, 6.45) is 0. The van der Waals surface area contributed by atoms with Crippen molar-refractivity contribution in [1.82, 2.24) is 10.2 Å². The maximum Gasteiger partial charge on any atom is 0.143 e. The van der Waals surface area contributed by atoms with Crippen LogP contribution in [-0.2, 0) is 6.54 Å². The molecule has 25 heavy (non-hydrogen) atoms. The molecule has 2 aromatic rings. The molecule has 1 atom stereocenters. The van der Waals surface area contributed by atoms with Gasteiger partial charge in [0.15, 0.2) is 0 Å². The van der Waals surface area contributed by atoms with Crippen LogP contribution in [0.2, 0.25) is 10.0 Å². The average Bonchev–Trinajstić information content (AvgIpc) is 2.76. The van der Waals surface area contributed by atoms with Crippen molar-refractivity contribution in [2.75, 3.05) is 26.2 Å². The average molecular weight is 383 g/mol. The van der Waals surface area contributed by atoms with Gasteiger partial charge in [-0.05, 0) is 18.2 Å². The minimum absolute atomic E-state index is 0.00691. The van der Waals surface area contributed by atoms with Crippen LogP contribution in [-0.4, -0.2) is 42.3 Å². The molecular weight excluding hydrogens is 366 g/mol. The first-order valence-corrected chi connectivity index (χ1v) is 8.88. The number of nitrogens with one attached hydrogen (secondary N) is 1. The van der Waals surface area contributed by atoms with Crippen molar-refractivity contribution in [2.24, 2.45) is 0 Å². The Morgan fingerprint density at radius 1 is 1.28 bits per heavy atom. The van der Waals surface area contributed by atoms with E-state index in [1.165, 1.54) is 18.2 Å². The third kappa shape index (κ3) is 2.95. The summed E-state index contributed by atoms with van der Waals surface area (Å²) >= 11 is 13.0. The lowest BCUT2D eigenvalue weighted by Crippen LogP contribution is -2.52. The van der Waals surface area contributed by atoms with Crippen molar-refractivity contribution in [2.45, 2.75) is 12.6 Å². The number of halogens is 3. The molecular formula is C18H17Cl2FN2O2. The molecule has 0 saturated carbocycles. The van der Waals surface area contributed by atoms with Crippen molar-refractivity contribution < 1.29 is 14.2 Å². The van der Waals surface area contributed by atoms with Crippen LogP contribution < -0.4 is 10.1 Å². The Labute approximate surface area is 155 Å². The number of hydrogen-bond donors (Lipinski definition) is 2. The van der Waals surface area contributed by atoms with E-state index in [9.17, 15) is 9.50 Å². The van der Waals surface area contributed by atoms with Crippen molar-refractivity contribution in [3.05, 3.63) is 45.7 Å². The Hall–Kier alpha value is -1.53. The molecule has 0 aliphatic carbocycles. The summed E-state index contributed by atoms with van der Waals surface area (Å²) in [7, 11) is 0. The molecule has 2 aromatic carbocycles. The molecule has 7 heteroatoms. The zero-order chi connectivity index (χ0) is 17.6. The van der Waals surface area contributed by atoms with Crippen molar-refractivity contribution in [3.63, 3.8) is 0 Å². The van der Waals surface area contributed by atoms with Gasteiger partial charge < -0.3 is 15.2 Å². The Morgan fingerprint density at radius 3 is 2.92 bits per heavy atom. The first kappa shape index (κ1) is 16.9. The molecule has 1 saturated heterocycles. The van der Waals surface area contributed by atoms with Crippen LogP contribution in [0.1, 0.15) is 5.56 Å². The van der Waals surface area contributed by atoms with E-state index < -0.39 is 5.82 Å². The lowest BCUT2D eigenvalue weighted by molar-refractivity contribution is 0.120. The second-order valence-electron chi connectivity index (χ2n) is 6.31. The molecule has 2 aliphatic heterocycles. The number of rotatable bonds is 1. The summed E-state index contributed by atoms with van der Waals surface area (Å²) in [4.78, 5) is 2.33. The molecule has 0 bridgehead atoms. The number of phenolic OH excluding ortho intramolecular Hbond substituents is 1. The van der Waals surface area contributed by atoms with Gasteiger partial charge in [-0.1, -0.05) is 29.3 Å². The van der Waals surface area contributed by atoms with Gasteiger partial charge in [-0.3, -0.25) is 4.90 Å². The van der Waals surface area contributed by atoms with Crippen LogP contribution in [0, 0.1) is 5.82 Å². The van der Waals surface area contributed by atoms with Gasteiger partial charge >= 0.3 is 0 Å². The summed E-state index contributed by atoms with van der Waals surface area (Å²) in [5.74, 6) is -0.281. The maximum atomic E-state index is 14.3. The van der Waals surface area contributed by atoms with Crippen LogP contribution >= 0.6 is 23.2 Å². The normalized spacial score (nSPS) is 20.4. The number of aromatic hydroxyl groups is 1. The second kappa shape index (κ2) is 6.65. The number of fused-ring (bicyclic) bond motifs is 2. The standard InChI is InChI=1S/C18H17Cl2FN2O2/c19-12-6-10-8-23-5-4-22-7-11(23)9-25-18(10)17(20)15(12)16-13(21)2-1-3-14(16)24/h1-3,6,11,22,24H,4-5,7-9H2/t11-/m1/s1. The fourth-order valence-electron chi connectivity index (χ4n) is 3.49. The molecule has 2 heterocycles. The summed E-state index contributed by atoms with van der Waals surface area (Å²) in [6, 6.07) is 6.11. The molecule has 0 unspecified atom stereocenters. The first-order valence-electron chi connectivity index (χ1n) is 8.12. The molecule has 1 fully saturated rings. The highest BCUT2D eigenvalue weighted by molar-refractivity contribution is 6.40. The van der Waals surface area contributed by atoms with Gasteiger partial charge in [0.2, 0.25) is 0 Å². The highest BCUT2D eigenvalue weighted by Crippen LogP contribution is 2.47. The molecule has 4 rings (SSSR count). The van der Waals surface area contributed by atoms with Crippen LogP contribution in [0.25, 0.3) is 11.1 Å². The largest absolute Gasteiger partial charge is 0.507 e. The van der Waals surface area contributed by atoms with Gasteiger partial charge in [-0.25, -0.2) is 4.39 Å². The van der Waals surface area contributed by atoms with Crippen LogP contribution in [0.3, 0.4) is 0 Å². The van der Waals surface area contributed by atoms with Gasteiger partial charge in [0, 0.05) is 37.3 Å². The number of phenols is 1.